The van der Waals surface area contributed by atoms with Crippen molar-refractivity contribution in [2.24, 2.45) is 21.1 Å². The van der Waals surface area contributed by atoms with Crippen molar-refractivity contribution in [3.63, 3.8) is 0 Å². The van der Waals surface area contributed by atoms with Gasteiger partial charge in [-0.25, -0.2) is 4.79 Å². The van der Waals surface area contributed by atoms with E-state index in [1.807, 2.05) is 0 Å². The molecule has 0 bridgehead atoms. The summed E-state index contributed by atoms with van der Waals surface area (Å²) in [7, 11) is 6.97. The predicted molar refractivity (Wildman–Crippen MR) is 88.8 cm³/mol. The highest BCUT2D eigenvalue weighted by atomic mass is 79.9. The van der Waals surface area contributed by atoms with Crippen molar-refractivity contribution in [2.75, 3.05) is 33.3 Å². The van der Waals surface area contributed by atoms with Crippen LogP contribution in [0.2, 0.25) is 0 Å². The number of rotatable bonds is 6. The van der Waals surface area contributed by atoms with Gasteiger partial charge in [0.2, 0.25) is 0 Å². The minimum Gasteiger partial charge on any atom is -1.00 e. The van der Waals surface area contributed by atoms with E-state index in [9.17, 15) is 9.59 Å². The fourth-order valence-electron chi connectivity index (χ4n) is 2.52. The van der Waals surface area contributed by atoms with Gasteiger partial charge in [-0.3, -0.25) is 18.5 Å². The number of aryl methyl sites for hydroxylation is 2. The number of nitrogens with zero attached hydrogens (tertiary/aromatic N) is 5. The van der Waals surface area contributed by atoms with Crippen LogP contribution >= 0.6 is 0 Å². The molecule has 136 valence electrons. The molecule has 0 spiro atoms. The summed E-state index contributed by atoms with van der Waals surface area (Å²) in [4.78, 5) is 28.6. The van der Waals surface area contributed by atoms with Gasteiger partial charge in [-0.05, 0) is 13.8 Å². The van der Waals surface area contributed by atoms with E-state index < -0.39 is 5.69 Å². The van der Waals surface area contributed by atoms with Gasteiger partial charge in [0.15, 0.2) is 11.2 Å². The summed E-state index contributed by atoms with van der Waals surface area (Å²) in [6, 6.07) is 0.358. The molecule has 0 N–H and O–H groups in total. The second-order valence-corrected chi connectivity index (χ2v) is 6.16. The molecule has 2 aromatic heterocycles. The third kappa shape index (κ3) is 3.41. The number of likely N-dealkylation sites (N-methyl/N-ethyl adjacent to an activating group) is 1. The van der Waals surface area contributed by atoms with Crippen LogP contribution in [0.3, 0.4) is 0 Å². The normalized spacial score (nSPS) is 11.6. The largest absolute Gasteiger partial charge is 1.00 e. The predicted octanol–water partition coefficient (Wildman–Crippen LogP) is -3.16. The number of ether oxygens (including phenoxy) is 1. The second kappa shape index (κ2) is 7.52. The Morgan fingerprint density at radius 1 is 1.04 bits per heavy atom. The van der Waals surface area contributed by atoms with Crippen LogP contribution in [0.5, 0.6) is 6.01 Å². The number of imidazole rings is 1. The molecule has 24 heavy (non-hydrogen) atoms. The monoisotopic (exact) mass is 403 g/mol. The van der Waals surface area contributed by atoms with Crippen LogP contribution in [0.4, 0.5) is 0 Å². The molecule has 0 amide bonds. The summed E-state index contributed by atoms with van der Waals surface area (Å²) in [6.45, 7) is 7.71. The highest BCUT2D eigenvalue weighted by Crippen LogP contribution is 2.15. The van der Waals surface area contributed by atoms with E-state index in [0.29, 0.717) is 23.8 Å². The number of hydrogen-bond acceptors (Lipinski definition) is 4. The Balaban J connectivity index is 0.00000288. The molecule has 2 heterocycles. The topological polar surface area (TPSA) is 71.1 Å². The summed E-state index contributed by atoms with van der Waals surface area (Å²) in [5, 5.41) is 0. The molecule has 0 aromatic carbocycles. The number of fused-ring (bicyclic) bond motifs is 1. The quantitative estimate of drug-likeness (QED) is 0.477. The van der Waals surface area contributed by atoms with Gasteiger partial charge in [-0.15, -0.1) is 0 Å². The van der Waals surface area contributed by atoms with Gasteiger partial charge in [-0.1, -0.05) is 0 Å². The van der Waals surface area contributed by atoms with Crippen LogP contribution < -0.4 is 33.0 Å². The number of quaternary nitrogens is 1. The summed E-state index contributed by atoms with van der Waals surface area (Å²) >= 11 is 0. The third-order valence-corrected chi connectivity index (χ3v) is 4.82. The zero-order chi connectivity index (χ0) is 17.4. The van der Waals surface area contributed by atoms with Gasteiger partial charge in [-0.2, -0.15) is 4.98 Å². The number of halogens is 1. The minimum atomic E-state index is -0.395. The van der Waals surface area contributed by atoms with Crippen molar-refractivity contribution in [2.45, 2.75) is 13.8 Å². The lowest BCUT2D eigenvalue weighted by Crippen LogP contribution is -3.00. The Labute approximate surface area is 151 Å². The average molecular weight is 404 g/mol. The van der Waals surface area contributed by atoms with Crippen LogP contribution in [0.1, 0.15) is 13.8 Å². The van der Waals surface area contributed by atoms with Crippen LogP contribution in [-0.4, -0.2) is 56.5 Å². The highest BCUT2D eigenvalue weighted by Gasteiger charge is 2.20. The molecule has 0 aliphatic heterocycles. The van der Waals surface area contributed by atoms with Crippen molar-refractivity contribution in [1.29, 1.82) is 0 Å². The lowest BCUT2D eigenvalue weighted by atomic mass is 10.4. The van der Waals surface area contributed by atoms with E-state index in [2.05, 4.69) is 25.9 Å². The van der Waals surface area contributed by atoms with Crippen molar-refractivity contribution in [3.05, 3.63) is 20.8 Å². The van der Waals surface area contributed by atoms with Crippen molar-refractivity contribution in [1.82, 2.24) is 18.7 Å². The van der Waals surface area contributed by atoms with E-state index in [1.54, 1.807) is 18.7 Å². The van der Waals surface area contributed by atoms with Gasteiger partial charge in [0.25, 0.3) is 11.6 Å². The van der Waals surface area contributed by atoms with Crippen LogP contribution in [0, 0.1) is 0 Å². The second-order valence-electron chi connectivity index (χ2n) is 6.16. The molecule has 0 atom stereocenters. The lowest BCUT2D eigenvalue weighted by Gasteiger charge is -2.31. The fraction of sp³-hybridized carbons (Fsp3) is 0.667. The van der Waals surface area contributed by atoms with Gasteiger partial charge in [0.05, 0.1) is 20.1 Å². The third-order valence-electron chi connectivity index (χ3n) is 4.82. The van der Waals surface area contributed by atoms with Crippen molar-refractivity contribution in [3.8, 4) is 6.01 Å². The first-order valence-corrected chi connectivity index (χ1v) is 7.84. The maximum absolute atomic E-state index is 12.3. The Bertz CT molecular complexity index is 832. The van der Waals surface area contributed by atoms with Crippen LogP contribution in [0.25, 0.3) is 11.2 Å². The molecule has 0 fully saturated rings. The average Bonchev–Trinajstić information content (AvgIpc) is 2.87. The van der Waals surface area contributed by atoms with Gasteiger partial charge < -0.3 is 26.2 Å². The molecule has 9 heteroatoms. The summed E-state index contributed by atoms with van der Waals surface area (Å²) in [5.74, 6) is 0. The van der Waals surface area contributed by atoms with Crippen molar-refractivity contribution >= 4 is 11.2 Å². The zero-order valence-electron chi connectivity index (χ0n) is 15.2. The molecule has 2 aromatic rings. The molecular weight excluding hydrogens is 378 g/mol. The Kier molecular flexibility index (Phi) is 6.40. The van der Waals surface area contributed by atoms with E-state index in [4.69, 9.17) is 4.74 Å². The number of hydrogen-bond donors (Lipinski definition) is 0. The highest BCUT2D eigenvalue weighted by molar-refractivity contribution is 5.71. The first kappa shape index (κ1) is 20.4. The first-order chi connectivity index (χ1) is 10.8. The molecule has 2 rings (SSSR count). The van der Waals surface area contributed by atoms with Gasteiger partial charge >= 0.3 is 5.69 Å². The Hall–Kier alpha value is -1.61. The lowest BCUT2D eigenvalue weighted by molar-refractivity contribution is -0.906. The molecule has 0 unspecified atom stereocenters. The van der Waals surface area contributed by atoms with Gasteiger partial charge in [0, 0.05) is 21.1 Å². The number of aromatic nitrogens is 4. The SMILES string of the molecule is CC[N+](C)(CC)CCOc1nc2c(c(=O)n(C)c(=O)n2C)n1C.[Br-]. The summed E-state index contributed by atoms with van der Waals surface area (Å²) < 4.78 is 10.7. The molecule has 0 radical (unpaired) electrons. The minimum absolute atomic E-state index is 0. The van der Waals surface area contributed by atoms with Crippen LogP contribution in [0.15, 0.2) is 9.59 Å². The Morgan fingerprint density at radius 3 is 2.17 bits per heavy atom. The molecule has 8 nitrogen and oxygen atoms in total. The van der Waals surface area contributed by atoms with E-state index >= 15 is 0 Å². The van der Waals surface area contributed by atoms with Crippen LogP contribution in [-0.2, 0) is 21.1 Å². The summed E-state index contributed by atoms with van der Waals surface area (Å²) in [5.41, 5.74) is -0.0456. The van der Waals surface area contributed by atoms with Gasteiger partial charge in [0.1, 0.15) is 13.2 Å². The molecule has 0 saturated carbocycles. The smallest absolute Gasteiger partial charge is 0.332 e. The fourth-order valence-corrected chi connectivity index (χ4v) is 2.52. The molecule has 0 saturated heterocycles. The van der Waals surface area contributed by atoms with E-state index in [0.717, 1.165) is 28.7 Å². The van der Waals surface area contributed by atoms with E-state index in [-0.39, 0.29) is 22.5 Å². The maximum atomic E-state index is 12.3. The Morgan fingerprint density at radius 2 is 1.62 bits per heavy atom. The van der Waals surface area contributed by atoms with Crippen molar-refractivity contribution < 1.29 is 26.2 Å². The maximum Gasteiger partial charge on any atom is 0.332 e. The molecule has 0 aliphatic carbocycles. The first-order valence-electron chi connectivity index (χ1n) is 7.84. The summed E-state index contributed by atoms with van der Waals surface area (Å²) in [6.07, 6.45) is 0. The molecule has 0 aliphatic rings. The zero-order valence-corrected chi connectivity index (χ0v) is 16.8. The standard InChI is InChI=1S/C15H26N5O3.BrH/c1-7-20(6,8-2)9-10-23-14-16-12-11(17(14)3)13(21)19(5)15(22)18(12)4;/h7-10H2,1-6H3;1H/q+1;/p-1. The van der Waals surface area contributed by atoms with E-state index in [1.165, 1.54) is 11.6 Å². The molecular formula is C15H26BrN5O3.